The van der Waals surface area contributed by atoms with Gasteiger partial charge in [0, 0.05) is 30.5 Å². The number of allylic oxidation sites excluding steroid dienone is 2. The van der Waals surface area contributed by atoms with Gasteiger partial charge in [0.15, 0.2) is 0 Å². The fourth-order valence-corrected chi connectivity index (χ4v) is 2.89. The molecule has 0 aromatic carbocycles. The van der Waals surface area contributed by atoms with Crippen molar-refractivity contribution in [1.82, 2.24) is 14.9 Å². The van der Waals surface area contributed by atoms with Crippen LogP contribution < -0.4 is 11.0 Å². The standard InChI is InChI=1S/C15H21N5O/c1-11-9-14(21)17-15(16-11)19-18-12-5-4-6-13(10-12)20-7-2-3-8-20/h9-10H,2-8H2,1H3,(H2,16,17,19,21). The van der Waals surface area contributed by atoms with Crippen LogP contribution in [0.2, 0.25) is 0 Å². The van der Waals surface area contributed by atoms with E-state index in [2.05, 4.69) is 31.5 Å². The molecule has 3 rings (SSSR count). The van der Waals surface area contributed by atoms with Crippen molar-refractivity contribution in [2.45, 2.75) is 39.0 Å². The first kappa shape index (κ1) is 13.9. The number of hydrazone groups is 1. The fraction of sp³-hybridized carbons (Fsp3) is 0.533. The number of hydrogen-bond acceptors (Lipinski definition) is 5. The molecule has 0 spiro atoms. The molecule has 0 bridgehead atoms. The lowest BCUT2D eigenvalue weighted by Crippen LogP contribution is -2.22. The van der Waals surface area contributed by atoms with Gasteiger partial charge in [0.05, 0.1) is 5.71 Å². The van der Waals surface area contributed by atoms with E-state index in [0.717, 1.165) is 25.0 Å². The quantitative estimate of drug-likeness (QED) is 0.834. The molecule has 1 aromatic rings. The molecule has 2 heterocycles. The van der Waals surface area contributed by atoms with Crippen molar-refractivity contribution in [3.05, 3.63) is 33.9 Å². The summed E-state index contributed by atoms with van der Waals surface area (Å²) in [6.45, 7) is 4.12. The van der Waals surface area contributed by atoms with E-state index in [-0.39, 0.29) is 5.56 Å². The molecule has 0 atom stereocenters. The Morgan fingerprint density at radius 3 is 2.86 bits per heavy atom. The Hall–Kier alpha value is -2.11. The SMILES string of the molecule is Cc1cc(=O)[nH]c(NN=C2C=C(N3CCCC3)CCC2)n1. The number of likely N-dealkylation sites (tertiary alicyclic amines) is 1. The maximum Gasteiger partial charge on any atom is 0.252 e. The minimum atomic E-state index is -0.165. The highest BCUT2D eigenvalue weighted by Crippen LogP contribution is 2.23. The summed E-state index contributed by atoms with van der Waals surface area (Å²) in [6, 6.07) is 1.46. The minimum absolute atomic E-state index is 0.165. The Morgan fingerprint density at radius 1 is 1.29 bits per heavy atom. The molecule has 6 nitrogen and oxygen atoms in total. The lowest BCUT2D eigenvalue weighted by Gasteiger charge is -2.24. The Kier molecular flexibility index (Phi) is 4.03. The number of aryl methyl sites for hydroxylation is 1. The molecule has 21 heavy (non-hydrogen) atoms. The summed E-state index contributed by atoms with van der Waals surface area (Å²) in [5, 5.41) is 4.39. The third-order valence-electron chi connectivity index (χ3n) is 3.89. The summed E-state index contributed by atoms with van der Waals surface area (Å²) in [4.78, 5) is 20.7. The van der Waals surface area contributed by atoms with Crippen LogP contribution in [0, 0.1) is 6.92 Å². The molecule has 6 heteroatoms. The van der Waals surface area contributed by atoms with Gasteiger partial charge >= 0.3 is 0 Å². The Labute approximate surface area is 124 Å². The zero-order valence-electron chi connectivity index (χ0n) is 12.4. The van der Waals surface area contributed by atoms with Gasteiger partial charge in [-0.3, -0.25) is 9.78 Å². The van der Waals surface area contributed by atoms with E-state index in [0.29, 0.717) is 11.6 Å². The molecule has 1 fully saturated rings. The lowest BCUT2D eigenvalue weighted by molar-refractivity contribution is 0.404. The molecule has 1 saturated heterocycles. The molecule has 0 unspecified atom stereocenters. The average Bonchev–Trinajstić information content (AvgIpc) is 2.99. The van der Waals surface area contributed by atoms with Crippen LogP contribution in [-0.2, 0) is 0 Å². The predicted molar refractivity (Wildman–Crippen MR) is 83.4 cm³/mol. The van der Waals surface area contributed by atoms with E-state index in [4.69, 9.17) is 0 Å². The van der Waals surface area contributed by atoms with Gasteiger partial charge in [-0.2, -0.15) is 5.10 Å². The predicted octanol–water partition coefficient (Wildman–Crippen LogP) is 2.01. The van der Waals surface area contributed by atoms with Crippen LogP contribution in [0.5, 0.6) is 0 Å². The molecule has 2 N–H and O–H groups in total. The second-order valence-corrected chi connectivity index (χ2v) is 5.63. The number of aromatic nitrogens is 2. The number of nitrogens with one attached hydrogen (secondary N) is 2. The van der Waals surface area contributed by atoms with Crippen molar-refractivity contribution >= 4 is 11.7 Å². The fourth-order valence-electron chi connectivity index (χ4n) is 2.89. The molecule has 112 valence electrons. The average molecular weight is 287 g/mol. The molecule has 1 aliphatic heterocycles. The first-order chi connectivity index (χ1) is 10.2. The molecule has 2 aliphatic rings. The van der Waals surface area contributed by atoms with Gasteiger partial charge in [0.25, 0.3) is 5.56 Å². The molecule has 0 saturated carbocycles. The van der Waals surface area contributed by atoms with Gasteiger partial charge in [-0.05, 0) is 45.1 Å². The largest absolute Gasteiger partial charge is 0.375 e. The van der Waals surface area contributed by atoms with Crippen molar-refractivity contribution < 1.29 is 0 Å². The summed E-state index contributed by atoms with van der Waals surface area (Å²) < 4.78 is 0. The third-order valence-corrected chi connectivity index (χ3v) is 3.89. The summed E-state index contributed by atoms with van der Waals surface area (Å²) >= 11 is 0. The highest BCUT2D eigenvalue weighted by Gasteiger charge is 2.18. The second kappa shape index (κ2) is 6.11. The second-order valence-electron chi connectivity index (χ2n) is 5.63. The van der Waals surface area contributed by atoms with Crippen LogP contribution in [0.4, 0.5) is 5.95 Å². The van der Waals surface area contributed by atoms with E-state index in [9.17, 15) is 4.79 Å². The van der Waals surface area contributed by atoms with Gasteiger partial charge < -0.3 is 4.90 Å². The highest BCUT2D eigenvalue weighted by molar-refractivity contribution is 5.96. The van der Waals surface area contributed by atoms with Gasteiger partial charge in [-0.1, -0.05) is 0 Å². The summed E-state index contributed by atoms with van der Waals surface area (Å²) in [5.41, 5.74) is 5.79. The first-order valence-electron chi connectivity index (χ1n) is 7.57. The maximum absolute atomic E-state index is 11.4. The van der Waals surface area contributed by atoms with Crippen molar-refractivity contribution in [2.24, 2.45) is 5.10 Å². The van der Waals surface area contributed by atoms with Crippen LogP contribution in [-0.4, -0.2) is 33.7 Å². The molecule has 1 aromatic heterocycles. The molecular formula is C15H21N5O. The highest BCUT2D eigenvalue weighted by atomic mass is 16.1. The molecule has 0 amide bonds. The Morgan fingerprint density at radius 2 is 2.10 bits per heavy atom. The lowest BCUT2D eigenvalue weighted by atomic mass is 10.0. The van der Waals surface area contributed by atoms with Crippen molar-refractivity contribution in [3.63, 3.8) is 0 Å². The van der Waals surface area contributed by atoms with E-state index in [1.54, 1.807) is 6.92 Å². The summed E-state index contributed by atoms with van der Waals surface area (Å²) in [6.07, 6.45) is 7.97. The number of aromatic amines is 1. The minimum Gasteiger partial charge on any atom is -0.375 e. The van der Waals surface area contributed by atoms with E-state index in [1.165, 1.54) is 37.7 Å². The van der Waals surface area contributed by atoms with Gasteiger partial charge in [0.2, 0.25) is 5.95 Å². The topological polar surface area (TPSA) is 73.4 Å². The van der Waals surface area contributed by atoms with E-state index in [1.807, 2.05) is 0 Å². The number of hydrogen-bond donors (Lipinski definition) is 2. The zero-order chi connectivity index (χ0) is 14.7. The summed E-state index contributed by atoms with van der Waals surface area (Å²) in [7, 11) is 0. The number of rotatable bonds is 3. The Balaban J connectivity index is 1.73. The number of H-pyrrole nitrogens is 1. The first-order valence-corrected chi connectivity index (χ1v) is 7.57. The van der Waals surface area contributed by atoms with Gasteiger partial charge in [-0.15, -0.1) is 0 Å². The van der Waals surface area contributed by atoms with Crippen LogP contribution in [0.1, 0.15) is 37.8 Å². The molecular weight excluding hydrogens is 266 g/mol. The zero-order valence-corrected chi connectivity index (χ0v) is 12.4. The van der Waals surface area contributed by atoms with Crippen LogP contribution >= 0.6 is 0 Å². The normalized spacial score (nSPS) is 20.7. The van der Waals surface area contributed by atoms with Crippen molar-refractivity contribution in [1.29, 1.82) is 0 Å². The smallest absolute Gasteiger partial charge is 0.252 e. The number of nitrogens with zero attached hydrogens (tertiary/aromatic N) is 3. The molecule has 1 aliphatic carbocycles. The molecule has 0 radical (unpaired) electrons. The van der Waals surface area contributed by atoms with E-state index < -0.39 is 0 Å². The van der Waals surface area contributed by atoms with Crippen LogP contribution in [0.25, 0.3) is 0 Å². The third kappa shape index (κ3) is 3.51. The maximum atomic E-state index is 11.4. The monoisotopic (exact) mass is 287 g/mol. The van der Waals surface area contributed by atoms with Crippen LogP contribution in [0.15, 0.2) is 27.7 Å². The van der Waals surface area contributed by atoms with E-state index >= 15 is 0 Å². The van der Waals surface area contributed by atoms with Gasteiger partial charge in [-0.25, -0.2) is 10.4 Å². The van der Waals surface area contributed by atoms with Gasteiger partial charge in [0.1, 0.15) is 0 Å². The summed E-state index contributed by atoms with van der Waals surface area (Å²) in [5.74, 6) is 0.397. The van der Waals surface area contributed by atoms with Crippen molar-refractivity contribution in [3.8, 4) is 0 Å². The van der Waals surface area contributed by atoms with Crippen molar-refractivity contribution in [2.75, 3.05) is 18.5 Å². The number of anilines is 1. The Bertz CT molecular complexity index is 625. The van der Waals surface area contributed by atoms with Crippen LogP contribution in [0.3, 0.4) is 0 Å².